The average Bonchev–Trinajstić information content (AvgIpc) is 3.23. The molecule has 0 saturated heterocycles. The standard InChI is InChI=1S/C19H16N6OS2/c1-12(26)22-13-6-8-14(9-7-13)28-19-23-16-5-3-2-4-15(16)18(24-19)25(20)17-10-27-11-21-17/h2-11H,20H2,1H3,(H,22,26). The summed E-state index contributed by atoms with van der Waals surface area (Å²) in [6.45, 7) is 1.48. The maximum atomic E-state index is 11.2. The van der Waals surface area contributed by atoms with Gasteiger partial charge in [-0.15, -0.1) is 11.3 Å². The molecule has 0 unspecified atom stereocenters. The SMILES string of the molecule is CC(=O)Nc1ccc(Sc2nc(N(N)c3cscn3)c3ccccc3n2)cc1. The smallest absolute Gasteiger partial charge is 0.221 e. The number of para-hydroxylation sites is 1. The Morgan fingerprint density at radius 2 is 1.93 bits per heavy atom. The second-order valence-electron chi connectivity index (χ2n) is 5.87. The fraction of sp³-hybridized carbons (Fsp3) is 0.0526. The summed E-state index contributed by atoms with van der Waals surface area (Å²) < 4.78 is 0. The highest BCUT2D eigenvalue weighted by Crippen LogP contribution is 2.32. The maximum Gasteiger partial charge on any atom is 0.221 e. The van der Waals surface area contributed by atoms with Gasteiger partial charge in [0.25, 0.3) is 0 Å². The molecule has 4 aromatic rings. The molecule has 0 aliphatic carbocycles. The van der Waals surface area contributed by atoms with Crippen molar-refractivity contribution in [1.82, 2.24) is 15.0 Å². The number of nitrogens with one attached hydrogen (secondary N) is 1. The number of fused-ring (bicyclic) bond motifs is 1. The van der Waals surface area contributed by atoms with Crippen LogP contribution in [0.4, 0.5) is 17.3 Å². The number of hydrazine groups is 1. The highest BCUT2D eigenvalue weighted by molar-refractivity contribution is 7.99. The molecular weight excluding hydrogens is 392 g/mol. The second-order valence-corrected chi connectivity index (χ2v) is 7.63. The van der Waals surface area contributed by atoms with Crippen LogP contribution in [0.2, 0.25) is 0 Å². The molecule has 0 bridgehead atoms. The van der Waals surface area contributed by atoms with Crippen molar-refractivity contribution < 1.29 is 4.79 Å². The van der Waals surface area contributed by atoms with E-state index < -0.39 is 0 Å². The predicted octanol–water partition coefficient (Wildman–Crippen LogP) is 4.21. The predicted molar refractivity (Wildman–Crippen MR) is 113 cm³/mol. The third kappa shape index (κ3) is 3.96. The number of nitrogens with zero attached hydrogens (tertiary/aromatic N) is 4. The van der Waals surface area contributed by atoms with Gasteiger partial charge in [0, 0.05) is 28.3 Å². The molecule has 2 heterocycles. The Morgan fingerprint density at radius 3 is 2.64 bits per heavy atom. The monoisotopic (exact) mass is 408 g/mol. The normalized spacial score (nSPS) is 10.8. The van der Waals surface area contributed by atoms with Crippen LogP contribution in [0.3, 0.4) is 0 Å². The van der Waals surface area contributed by atoms with Gasteiger partial charge in [0.05, 0.1) is 11.0 Å². The van der Waals surface area contributed by atoms with Crippen molar-refractivity contribution in [3.8, 4) is 0 Å². The number of rotatable bonds is 5. The van der Waals surface area contributed by atoms with Crippen LogP contribution in [0.25, 0.3) is 10.9 Å². The zero-order valence-corrected chi connectivity index (χ0v) is 16.5. The Bertz CT molecular complexity index is 1120. The molecule has 0 atom stereocenters. The first-order valence-corrected chi connectivity index (χ1v) is 10.1. The van der Waals surface area contributed by atoms with Crippen LogP contribution in [0.5, 0.6) is 0 Å². The highest BCUT2D eigenvalue weighted by Gasteiger charge is 2.15. The van der Waals surface area contributed by atoms with Gasteiger partial charge >= 0.3 is 0 Å². The van der Waals surface area contributed by atoms with E-state index in [4.69, 9.17) is 5.84 Å². The van der Waals surface area contributed by atoms with Crippen molar-refractivity contribution in [3.63, 3.8) is 0 Å². The van der Waals surface area contributed by atoms with Crippen molar-refractivity contribution in [3.05, 3.63) is 59.4 Å². The number of amides is 1. The van der Waals surface area contributed by atoms with Gasteiger partial charge in [-0.2, -0.15) is 0 Å². The molecule has 1 amide bonds. The first-order valence-electron chi connectivity index (χ1n) is 8.35. The zero-order chi connectivity index (χ0) is 19.5. The Labute approximate surface area is 169 Å². The maximum absolute atomic E-state index is 11.2. The van der Waals surface area contributed by atoms with Crippen molar-refractivity contribution in [1.29, 1.82) is 0 Å². The van der Waals surface area contributed by atoms with E-state index in [1.807, 2.05) is 53.9 Å². The summed E-state index contributed by atoms with van der Waals surface area (Å²) in [4.78, 5) is 25.7. The molecule has 0 spiro atoms. The number of thiazole rings is 1. The number of anilines is 3. The Kier molecular flexibility index (Phi) is 5.20. The van der Waals surface area contributed by atoms with E-state index in [2.05, 4.69) is 20.3 Å². The molecule has 140 valence electrons. The Hall–Kier alpha value is -3.01. The molecule has 4 rings (SSSR count). The van der Waals surface area contributed by atoms with E-state index in [0.29, 0.717) is 16.8 Å². The number of hydrogen-bond acceptors (Lipinski definition) is 8. The number of nitrogens with two attached hydrogens (primary N) is 1. The third-order valence-electron chi connectivity index (χ3n) is 3.84. The summed E-state index contributed by atoms with van der Waals surface area (Å²) in [6.07, 6.45) is 0. The lowest BCUT2D eigenvalue weighted by Gasteiger charge is -2.17. The van der Waals surface area contributed by atoms with E-state index in [9.17, 15) is 4.79 Å². The number of carbonyl (C=O) groups excluding carboxylic acids is 1. The molecule has 0 aliphatic rings. The molecule has 0 fully saturated rings. The topological polar surface area (TPSA) is 97.0 Å². The van der Waals surface area contributed by atoms with Gasteiger partial charge in [0.2, 0.25) is 5.91 Å². The van der Waals surface area contributed by atoms with E-state index in [-0.39, 0.29) is 5.91 Å². The first kappa shape index (κ1) is 18.4. The minimum Gasteiger partial charge on any atom is -0.326 e. The van der Waals surface area contributed by atoms with E-state index >= 15 is 0 Å². The molecule has 7 nitrogen and oxygen atoms in total. The third-order valence-corrected chi connectivity index (χ3v) is 5.29. The van der Waals surface area contributed by atoms with Gasteiger partial charge in [-0.25, -0.2) is 25.8 Å². The van der Waals surface area contributed by atoms with E-state index in [1.165, 1.54) is 35.0 Å². The number of benzene rings is 2. The van der Waals surface area contributed by atoms with Crippen molar-refractivity contribution >= 4 is 57.2 Å². The van der Waals surface area contributed by atoms with Crippen LogP contribution < -0.4 is 16.2 Å². The minimum atomic E-state index is -0.104. The summed E-state index contributed by atoms with van der Waals surface area (Å²) in [5.41, 5.74) is 3.27. The molecule has 3 N–H and O–H groups in total. The summed E-state index contributed by atoms with van der Waals surface area (Å²) in [5.74, 6) is 7.41. The molecule has 2 aromatic carbocycles. The molecule has 0 radical (unpaired) electrons. The Morgan fingerprint density at radius 1 is 1.14 bits per heavy atom. The Balaban J connectivity index is 1.69. The van der Waals surface area contributed by atoms with Crippen LogP contribution in [0, 0.1) is 0 Å². The van der Waals surface area contributed by atoms with E-state index in [1.54, 1.807) is 5.51 Å². The van der Waals surface area contributed by atoms with Gasteiger partial charge in [-0.05, 0) is 48.2 Å². The van der Waals surface area contributed by atoms with E-state index in [0.717, 1.165) is 21.5 Å². The molecule has 0 aliphatic heterocycles. The van der Waals surface area contributed by atoms with Crippen molar-refractivity contribution in [2.24, 2.45) is 5.84 Å². The lowest BCUT2D eigenvalue weighted by atomic mass is 10.2. The molecular formula is C19H16N6OS2. The minimum absolute atomic E-state index is 0.104. The summed E-state index contributed by atoms with van der Waals surface area (Å²) in [6, 6.07) is 15.2. The summed E-state index contributed by atoms with van der Waals surface area (Å²) in [5, 5.41) is 7.52. The highest BCUT2D eigenvalue weighted by atomic mass is 32.2. The van der Waals surface area contributed by atoms with Crippen molar-refractivity contribution in [2.75, 3.05) is 10.3 Å². The molecule has 9 heteroatoms. The van der Waals surface area contributed by atoms with Crippen LogP contribution in [0.15, 0.2) is 69.5 Å². The van der Waals surface area contributed by atoms with Gasteiger partial charge in [-0.3, -0.25) is 4.79 Å². The van der Waals surface area contributed by atoms with Crippen LogP contribution >= 0.6 is 23.1 Å². The second kappa shape index (κ2) is 7.93. The molecule has 2 aromatic heterocycles. The van der Waals surface area contributed by atoms with Crippen LogP contribution in [-0.4, -0.2) is 20.9 Å². The van der Waals surface area contributed by atoms with Crippen molar-refractivity contribution in [2.45, 2.75) is 17.0 Å². The average molecular weight is 409 g/mol. The largest absolute Gasteiger partial charge is 0.326 e. The van der Waals surface area contributed by atoms with Gasteiger partial charge in [0.1, 0.15) is 0 Å². The summed E-state index contributed by atoms with van der Waals surface area (Å²) in [7, 11) is 0. The first-order chi connectivity index (χ1) is 13.6. The van der Waals surface area contributed by atoms with Crippen LogP contribution in [-0.2, 0) is 4.79 Å². The van der Waals surface area contributed by atoms with Gasteiger partial charge in [0.15, 0.2) is 16.8 Å². The molecule has 0 saturated carbocycles. The number of aromatic nitrogens is 3. The zero-order valence-electron chi connectivity index (χ0n) is 14.9. The lowest BCUT2D eigenvalue weighted by Crippen LogP contribution is -2.26. The number of hydrogen-bond donors (Lipinski definition) is 2. The van der Waals surface area contributed by atoms with Crippen LogP contribution in [0.1, 0.15) is 6.92 Å². The number of carbonyl (C=O) groups is 1. The summed E-state index contributed by atoms with van der Waals surface area (Å²) >= 11 is 2.89. The quantitative estimate of drug-likeness (QED) is 0.290. The lowest BCUT2D eigenvalue weighted by molar-refractivity contribution is -0.114. The fourth-order valence-electron chi connectivity index (χ4n) is 2.62. The van der Waals surface area contributed by atoms with Gasteiger partial charge < -0.3 is 5.32 Å². The fourth-order valence-corrected chi connectivity index (χ4v) is 3.90. The molecule has 28 heavy (non-hydrogen) atoms. The van der Waals surface area contributed by atoms with Gasteiger partial charge in [-0.1, -0.05) is 12.1 Å².